The Morgan fingerprint density at radius 2 is 2.50 bits per heavy atom. The summed E-state index contributed by atoms with van der Waals surface area (Å²) in [5, 5.41) is 3.39. The van der Waals surface area contributed by atoms with Crippen molar-refractivity contribution >= 4 is 0 Å². The minimum atomic E-state index is 0. The number of hydrogen-bond acceptors (Lipinski definition) is 1. The van der Waals surface area contributed by atoms with Crippen molar-refractivity contribution in [3.63, 3.8) is 0 Å². The quantitative estimate of drug-likeness (QED) is 0.701. The molecule has 0 aromatic heterocycles. The number of hydrogen-bond donors (Lipinski definition) is 1. The second kappa shape index (κ2) is 2.19. The average Bonchev–Trinajstić information content (AvgIpc) is 2.22. The molecule has 0 aliphatic carbocycles. The predicted octanol–water partition coefficient (Wildman–Crippen LogP) is 1.02. The van der Waals surface area contributed by atoms with Gasteiger partial charge in [0.1, 0.15) is 0 Å². The molecule has 1 saturated heterocycles. The van der Waals surface area contributed by atoms with Gasteiger partial charge in [-0.1, -0.05) is 6.08 Å². The topological polar surface area (TPSA) is 12.0 Å². The minimum Gasteiger partial charge on any atom is -0.386 e. The summed E-state index contributed by atoms with van der Waals surface area (Å²) in [6, 6.07) is 0.829. The van der Waals surface area contributed by atoms with E-state index in [4.69, 9.17) is 0 Å². The van der Waals surface area contributed by atoms with Gasteiger partial charge in [0.05, 0.1) is 0 Å². The van der Waals surface area contributed by atoms with Gasteiger partial charge in [-0.05, 0) is 19.3 Å². The van der Waals surface area contributed by atoms with Gasteiger partial charge in [0.15, 0.2) is 0 Å². The zero-order valence-corrected chi connectivity index (χ0v) is 7.17. The molecule has 0 saturated carbocycles. The fraction of sp³-hybridized carbons (Fsp3) is 0.667. The van der Waals surface area contributed by atoms with Crippen molar-refractivity contribution in [1.82, 2.24) is 5.32 Å². The van der Waals surface area contributed by atoms with Gasteiger partial charge in [-0.3, -0.25) is 0 Å². The Balaban J connectivity index is 0.000000320. The van der Waals surface area contributed by atoms with Crippen LogP contribution < -0.4 is 5.32 Å². The Kier molecular flexibility index (Phi) is 1.73. The van der Waals surface area contributed by atoms with Crippen LogP contribution in [-0.4, -0.2) is 6.04 Å². The average molecular weight is 285 g/mol. The standard InChI is InChI=1S/C6H9N.Os/c1-2-6-4-3-5(1)7-6;/h1,6-7H,2-4H2;/q;+2. The zero-order chi connectivity index (χ0) is 4.69. The molecule has 0 spiro atoms. The van der Waals surface area contributed by atoms with Crippen LogP contribution in [-0.2, 0) is 19.8 Å². The summed E-state index contributed by atoms with van der Waals surface area (Å²) in [6.07, 6.45) is 6.29. The third-order valence-corrected chi connectivity index (χ3v) is 1.80. The smallest absolute Gasteiger partial charge is 0.386 e. The molecule has 2 heteroatoms. The van der Waals surface area contributed by atoms with E-state index in [-0.39, 0.29) is 19.8 Å². The van der Waals surface area contributed by atoms with Crippen molar-refractivity contribution in [2.45, 2.75) is 25.3 Å². The molecule has 2 aliphatic rings. The summed E-state index contributed by atoms with van der Waals surface area (Å²) in [5.74, 6) is 0. The molecule has 0 amide bonds. The first-order chi connectivity index (χ1) is 3.45. The normalized spacial score (nSPS) is 31.0. The molecule has 0 aromatic rings. The fourth-order valence-electron chi connectivity index (χ4n) is 1.36. The molecule has 8 heavy (non-hydrogen) atoms. The summed E-state index contributed by atoms with van der Waals surface area (Å²) in [4.78, 5) is 0. The molecule has 2 heterocycles. The van der Waals surface area contributed by atoms with Gasteiger partial charge in [0.2, 0.25) is 0 Å². The van der Waals surface area contributed by atoms with Gasteiger partial charge in [0, 0.05) is 11.7 Å². The molecular formula is C6H9NOs+2. The Hall–Kier alpha value is 0.176. The summed E-state index contributed by atoms with van der Waals surface area (Å²) >= 11 is 0. The maximum absolute atomic E-state index is 3.39. The third-order valence-electron chi connectivity index (χ3n) is 1.80. The minimum absolute atomic E-state index is 0. The second-order valence-corrected chi connectivity index (χ2v) is 2.35. The first-order valence-corrected chi connectivity index (χ1v) is 2.91. The monoisotopic (exact) mass is 287 g/mol. The van der Waals surface area contributed by atoms with Crippen LogP contribution in [0.3, 0.4) is 0 Å². The molecule has 1 unspecified atom stereocenters. The van der Waals surface area contributed by atoms with E-state index in [1.54, 1.807) is 0 Å². The van der Waals surface area contributed by atoms with E-state index in [1.807, 2.05) is 0 Å². The second-order valence-electron chi connectivity index (χ2n) is 2.35. The summed E-state index contributed by atoms with van der Waals surface area (Å²) in [7, 11) is 0. The zero-order valence-electron chi connectivity index (χ0n) is 4.63. The van der Waals surface area contributed by atoms with Crippen LogP contribution in [0.2, 0.25) is 0 Å². The number of rotatable bonds is 0. The van der Waals surface area contributed by atoms with Crippen molar-refractivity contribution in [3.05, 3.63) is 11.8 Å². The van der Waals surface area contributed by atoms with Crippen LogP contribution in [0.25, 0.3) is 0 Å². The summed E-state index contributed by atoms with van der Waals surface area (Å²) in [6.45, 7) is 0. The van der Waals surface area contributed by atoms with E-state index in [0.29, 0.717) is 0 Å². The molecule has 1 nitrogen and oxygen atoms in total. The van der Waals surface area contributed by atoms with Gasteiger partial charge >= 0.3 is 19.8 Å². The van der Waals surface area contributed by atoms with Crippen molar-refractivity contribution in [3.8, 4) is 0 Å². The van der Waals surface area contributed by atoms with Crippen LogP contribution in [0.4, 0.5) is 0 Å². The largest absolute Gasteiger partial charge is 2.00 e. The van der Waals surface area contributed by atoms with Gasteiger partial charge < -0.3 is 5.32 Å². The molecule has 2 rings (SSSR count). The van der Waals surface area contributed by atoms with E-state index in [9.17, 15) is 0 Å². The van der Waals surface area contributed by atoms with E-state index >= 15 is 0 Å². The Morgan fingerprint density at radius 3 is 2.62 bits per heavy atom. The van der Waals surface area contributed by atoms with E-state index in [2.05, 4.69) is 11.4 Å². The van der Waals surface area contributed by atoms with Crippen LogP contribution in [0.1, 0.15) is 19.3 Å². The first kappa shape index (κ1) is 6.30. The third kappa shape index (κ3) is 0.823. The molecule has 1 fully saturated rings. The number of fused-ring (bicyclic) bond motifs is 2. The molecule has 1 atom stereocenters. The van der Waals surface area contributed by atoms with E-state index in [1.165, 1.54) is 25.0 Å². The fourth-order valence-corrected chi connectivity index (χ4v) is 1.36. The Morgan fingerprint density at radius 1 is 1.62 bits per heavy atom. The first-order valence-electron chi connectivity index (χ1n) is 2.91. The van der Waals surface area contributed by atoms with Crippen LogP contribution >= 0.6 is 0 Å². The predicted molar refractivity (Wildman–Crippen MR) is 28.9 cm³/mol. The molecule has 0 aromatic carbocycles. The summed E-state index contributed by atoms with van der Waals surface area (Å²) in [5.41, 5.74) is 1.49. The number of nitrogens with one attached hydrogen (secondary N) is 1. The maximum Gasteiger partial charge on any atom is 2.00 e. The molecule has 2 bridgehead atoms. The van der Waals surface area contributed by atoms with Crippen molar-refractivity contribution in [1.29, 1.82) is 0 Å². The molecule has 0 radical (unpaired) electrons. The Bertz CT molecular complexity index is 120. The van der Waals surface area contributed by atoms with Crippen LogP contribution in [0.5, 0.6) is 0 Å². The van der Waals surface area contributed by atoms with Crippen LogP contribution in [0, 0.1) is 0 Å². The van der Waals surface area contributed by atoms with Crippen molar-refractivity contribution < 1.29 is 19.8 Å². The van der Waals surface area contributed by atoms with Gasteiger partial charge in [0.25, 0.3) is 0 Å². The maximum atomic E-state index is 3.39. The van der Waals surface area contributed by atoms with E-state index < -0.39 is 0 Å². The van der Waals surface area contributed by atoms with Crippen molar-refractivity contribution in [2.75, 3.05) is 0 Å². The summed E-state index contributed by atoms with van der Waals surface area (Å²) < 4.78 is 0. The molecule has 1 N–H and O–H groups in total. The number of allylic oxidation sites excluding steroid dienone is 1. The van der Waals surface area contributed by atoms with Gasteiger partial charge in [-0.2, -0.15) is 0 Å². The van der Waals surface area contributed by atoms with Gasteiger partial charge in [-0.15, -0.1) is 0 Å². The SMILES string of the molecule is C1=C2CCC(C1)N2.[Os+2]. The Labute approximate surface area is 62.6 Å². The van der Waals surface area contributed by atoms with Crippen molar-refractivity contribution in [2.24, 2.45) is 0 Å². The molecule has 44 valence electrons. The molecule has 2 aliphatic heterocycles. The van der Waals surface area contributed by atoms with Gasteiger partial charge in [-0.25, -0.2) is 0 Å². The van der Waals surface area contributed by atoms with E-state index in [0.717, 1.165) is 6.04 Å². The molecular weight excluding hydrogens is 276 g/mol. The van der Waals surface area contributed by atoms with Crippen LogP contribution in [0.15, 0.2) is 11.8 Å².